The molecule has 6 nitrogen and oxygen atoms in total. The monoisotopic (exact) mass is 310 g/mol. The van der Waals surface area contributed by atoms with E-state index in [1.807, 2.05) is 24.3 Å². The van der Waals surface area contributed by atoms with E-state index in [0.717, 1.165) is 11.0 Å². The number of aromatic amines is 1. The maximum Gasteiger partial charge on any atom is 0.337 e. The Hall–Kier alpha value is -3.15. The standard InChI is InChI=1S/C17H14N2O4/c1-22-16(20)11-7-10(8-12(9-11)17(21)23-2)15-18-13-5-3-4-6-14(13)19-15/h3-9H,1-2H3,(H,18,19). The number of benzene rings is 2. The molecule has 0 spiro atoms. The molecular weight excluding hydrogens is 296 g/mol. The maximum atomic E-state index is 11.8. The minimum atomic E-state index is -0.534. The molecule has 0 saturated carbocycles. The summed E-state index contributed by atoms with van der Waals surface area (Å²) in [6.07, 6.45) is 0. The molecule has 2 aromatic carbocycles. The lowest BCUT2D eigenvalue weighted by molar-refractivity contribution is 0.0599. The smallest absolute Gasteiger partial charge is 0.337 e. The number of fused-ring (bicyclic) bond motifs is 1. The van der Waals surface area contributed by atoms with E-state index in [9.17, 15) is 9.59 Å². The predicted molar refractivity (Wildman–Crippen MR) is 84.2 cm³/mol. The van der Waals surface area contributed by atoms with Crippen LogP contribution in [-0.4, -0.2) is 36.1 Å². The summed E-state index contributed by atoms with van der Waals surface area (Å²) < 4.78 is 9.47. The SMILES string of the molecule is COC(=O)c1cc(C(=O)OC)cc(-c2nc3ccccc3[nH]2)c1. The lowest BCUT2D eigenvalue weighted by Gasteiger charge is -2.06. The Morgan fingerprint density at radius 1 is 0.957 bits per heavy atom. The summed E-state index contributed by atoms with van der Waals surface area (Å²) in [4.78, 5) is 31.3. The van der Waals surface area contributed by atoms with E-state index in [1.165, 1.54) is 20.3 Å². The number of carbonyl (C=O) groups excluding carboxylic acids is 2. The van der Waals surface area contributed by atoms with Crippen LogP contribution in [0.1, 0.15) is 20.7 Å². The molecule has 0 amide bonds. The van der Waals surface area contributed by atoms with Crippen molar-refractivity contribution >= 4 is 23.0 Å². The summed E-state index contributed by atoms with van der Waals surface area (Å²) >= 11 is 0. The number of imidazole rings is 1. The number of rotatable bonds is 3. The van der Waals surface area contributed by atoms with E-state index in [4.69, 9.17) is 9.47 Å². The number of hydrogen-bond acceptors (Lipinski definition) is 5. The molecule has 23 heavy (non-hydrogen) atoms. The molecule has 0 aliphatic rings. The first-order chi connectivity index (χ1) is 11.1. The van der Waals surface area contributed by atoms with Crippen molar-refractivity contribution in [2.45, 2.75) is 0 Å². The number of carbonyl (C=O) groups is 2. The summed E-state index contributed by atoms with van der Waals surface area (Å²) in [6.45, 7) is 0. The Balaban J connectivity index is 2.16. The number of nitrogens with zero attached hydrogens (tertiary/aromatic N) is 1. The first-order valence-electron chi connectivity index (χ1n) is 6.89. The molecule has 3 aromatic rings. The van der Waals surface area contributed by atoms with Gasteiger partial charge in [-0.3, -0.25) is 0 Å². The molecule has 0 radical (unpaired) electrons. The van der Waals surface area contributed by atoms with Crippen molar-refractivity contribution in [3.8, 4) is 11.4 Å². The highest BCUT2D eigenvalue weighted by atomic mass is 16.5. The van der Waals surface area contributed by atoms with Crippen LogP contribution in [0.25, 0.3) is 22.4 Å². The third-order valence-corrected chi connectivity index (χ3v) is 3.44. The van der Waals surface area contributed by atoms with Gasteiger partial charge in [0.25, 0.3) is 0 Å². The van der Waals surface area contributed by atoms with E-state index in [-0.39, 0.29) is 11.1 Å². The molecule has 0 saturated heterocycles. The molecule has 3 rings (SSSR count). The van der Waals surface area contributed by atoms with Crippen molar-refractivity contribution < 1.29 is 19.1 Å². The Labute approximate surface area is 132 Å². The zero-order chi connectivity index (χ0) is 16.4. The number of nitrogens with one attached hydrogen (secondary N) is 1. The number of para-hydroxylation sites is 2. The lowest BCUT2D eigenvalue weighted by Crippen LogP contribution is -2.07. The van der Waals surface area contributed by atoms with Crippen LogP contribution in [0.2, 0.25) is 0 Å². The van der Waals surface area contributed by atoms with Crippen molar-refractivity contribution in [3.05, 3.63) is 53.6 Å². The third kappa shape index (κ3) is 2.78. The molecule has 0 aliphatic carbocycles. The first-order valence-corrected chi connectivity index (χ1v) is 6.89. The highest BCUT2D eigenvalue weighted by Gasteiger charge is 2.16. The summed E-state index contributed by atoms with van der Waals surface area (Å²) in [5.74, 6) is -0.511. The molecule has 0 aliphatic heterocycles. The Kier molecular flexibility index (Phi) is 3.80. The summed E-state index contributed by atoms with van der Waals surface area (Å²) in [5, 5.41) is 0. The van der Waals surface area contributed by atoms with E-state index in [2.05, 4.69) is 9.97 Å². The van der Waals surface area contributed by atoms with Crippen LogP contribution in [-0.2, 0) is 9.47 Å². The van der Waals surface area contributed by atoms with E-state index >= 15 is 0 Å². The second-order valence-electron chi connectivity index (χ2n) is 4.88. The summed E-state index contributed by atoms with van der Waals surface area (Å²) in [7, 11) is 2.57. The molecule has 0 fully saturated rings. The molecule has 0 atom stereocenters. The fraction of sp³-hybridized carbons (Fsp3) is 0.118. The van der Waals surface area contributed by atoms with Gasteiger partial charge in [-0.15, -0.1) is 0 Å². The number of methoxy groups -OCH3 is 2. The molecule has 0 bridgehead atoms. The van der Waals surface area contributed by atoms with Crippen LogP contribution in [0.3, 0.4) is 0 Å². The Bertz CT molecular complexity index is 831. The lowest BCUT2D eigenvalue weighted by atomic mass is 10.1. The minimum Gasteiger partial charge on any atom is -0.465 e. The molecule has 0 unspecified atom stereocenters. The fourth-order valence-electron chi connectivity index (χ4n) is 2.33. The van der Waals surface area contributed by atoms with Gasteiger partial charge >= 0.3 is 11.9 Å². The van der Waals surface area contributed by atoms with Gasteiger partial charge in [0, 0.05) is 5.56 Å². The zero-order valence-corrected chi connectivity index (χ0v) is 12.6. The number of H-pyrrole nitrogens is 1. The van der Waals surface area contributed by atoms with E-state index in [0.29, 0.717) is 11.4 Å². The molecule has 6 heteroatoms. The minimum absolute atomic E-state index is 0.255. The molecule has 1 heterocycles. The number of aromatic nitrogens is 2. The van der Waals surface area contributed by atoms with Crippen LogP contribution in [0.15, 0.2) is 42.5 Å². The quantitative estimate of drug-likeness (QED) is 0.752. The average Bonchev–Trinajstić information content (AvgIpc) is 3.04. The number of hydrogen-bond donors (Lipinski definition) is 1. The second-order valence-corrected chi connectivity index (χ2v) is 4.88. The summed E-state index contributed by atoms with van der Waals surface area (Å²) in [6, 6.07) is 12.2. The van der Waals surface area contributed by atoms with Gasteiger partial charge < -0.3 is 14.5 Å². The third-order valence-electron chi connectivity index (χ3n) is 3.44. The largest absolute Gasteiger partial charge is 0.465 e. The van der Waals surface area contributed by atoms with Gasteiger partial charge in [-0.2, -0.15) is 0 Å². The van der Waals surface area contributed by atoms with E-state index < -0.39 is 11.9 Å². The molecule has 116 valence electrons. The van der Waals surface area contributed by atoms with Crippen molar-refractivity contribution in [1.82, 2.24) is 9.97 Å². The van der Waals surface area contributed by atoms with Gasteiger partial charge in [0.1, 0.15) is 5.82 Å². The number of ether oxygens (including phenoxy) is 2. The van der Waals surface area contributed by atoms with Gasteiger partial charge in [-0.05, 0) is 30.3 Å². The van der Waals surface area contributed by atoms with Crippen LogP contribution < -0.4 is 0 Å². The Morgan fingerprint density at radius 3 is 2.13 bits per heavy atom. The highest BCUT2D eigenvalue weighted by Crippen LogP contribution is 2.23. The topological polar surface area (TPSA) is 81.3 Å². The van der Waals surface area contributed by atoms with Gasteiger partial charge in [-0.25, -0.2) is 14.6 Å². The predicted octanol–water partition coefficient (Wildman–Crippen LogP) is 2.80. The van der Waals surface area contributed by atoms with Crippen molar-refractivity contribution in [2.24, 2.45) is 0 Å². The first kappa shape index (κ1) is 14.8. The van der Waals surface area contributed by atoms with Gasteiger partial charge in [0.2, 0.25) is 0 Å². The number of esters is 2. The van der Waals surface area contributed by atoms with Gasteiger partial charge in [0.05, 0.1) is 36.4 Å². The van der Waals surface area contributed by atoms with Gasteiger partial charge in [0.15, 0.2) is 0 Å². The van der Waals surface area contributed by atoms with Gasteiger partial charge in [-0.1, -0.05) is 12.1 Å². The average molecular weight is 310 g/mol. The maximum absolute atomic E-state index is 11.8. The van der Waals surface area contributed by atoms with Crippen molar-refractivity contribution in [1.29, 1.82) is 0 Å². The molecule has 1 aromatic heterocycles. The zero-order valence-electron chi connectivity index (χ0n) is 12.6. The van der Waals surface area contributed by atoms with Crippen molar-refractivity contribution in [2.75, 3.05) is 14.2 Å². The second kappa shape index (κ2) is 5.92. The summed E-state index contributed by atoms with van der Waals surface area (Å²) in [5.41, 5.74) is 2.78. The van der Waals surface area contributed by atoms with Crippen LogP contribution >= 0.6 is 0 Å². The Morgan fingerprint density at radius 2 is 1.57 bits per heavy atom. The van der Waals surface area contributed by atoms with E-state index in [1.54, 1.807) is 12.1 Å². The molecular formula is C17H14N2O4. The normalized spacial score (nSPS) is 10.5. The molecule has 1 N–H and O–H groups in total. The fourth-order valence-corrected chi connectivity index (χ4v) is 2.33. The van der Waals surface area contributed by atoms with Crippen molar-refractivity contribution in [3.63, 3.8) is 0 Å². The van der Waals surface area contributed by atoms with Crippen LogP contribution in [0.5, 0.6) is 0 Å². The highest BCUT2D eigenvalue weighted by molar-refractivity contribution is 5.97. The van der Waals surface area contributed by atoms with Crippen LogP contribution in [0, 0.1) is 0 Å². The van der Waals surface area contributed by atoms with Crippen LogP contribution in [0.4, 0.5) is 0 Å².